The van der Waals surface area contributed by atoms with Crippen LogP contribution in [-0.4, -0.2) is 24.6 Å². The summed E-state index contributed by atoms with van der Waals surface area (Å²) in [5.74, 6) is 0.636. The molecule has 6 heteroatoms. The molecular formula is C13H12BrN5. The van der Waals surface area contributed by atoms with Crippen LogP contribution >= 0.6 is 15.9 Å². The Bertz CT molecular complexity index is 750. The fourth-order valence-electron chi connectivity index (χ4n) is 1.94. The van der Waals surface area contributed by atoms with E-state index in [1.807, 2.05) is 13.0 Å². The predicted molar refractivity (Wildman–Crippen MR) is 75.8 cm³/mol. The molecule has 3 heterocycles. The molecule has 0 amide bonds. The number of halogens is 1. The van der Waals surface area contributed by atoms with Crippen LogP contribution in [0.15, 0.2) is 29.1 Å². The highest BCUT2D eigenvalue weighted by Crippen LogP contribution is 2.22. The molecule has 0 N–H and O–H groups in total. The van der Waals surface area contributed by atoms with E-state index in [1.165, 1.54) is 0 Å². The normalized spacial score (nSPS) is 11.1. The standard InChI is InChI=1S/C13H12BrN5/c1-3-9-5-10(14)6-15-12(9)13-17-11-4-8(2)16-7-19(11)18-13/h4-7H,3H2,1-2H3. The van der Waals surface area contributed by atoms with Crippen molar-refractivity contribution in [3.8, 4) is 11.5 Å². The Hall–Kier alpha value is -1.82. The zero-order valence-corrected chi connectivity index (χ0v) is 12.2. The maximum atomic E-state index is 4.52. The Morgan fingerprint density at radius 3 is 2.89 bits per heavy atom. The lowest BCUT2D eigenvalue weighted by atomic mass is 10.1. The van der Waals surface area contributed by atoms with E-state index >= 15 is 0 Å². The third-order valence-electron chi connectivity index (χ3n) is 2.89. The highest BCUT2D eigenvalue weighted by Gasteiger charge is 2.12. The van der Waals surface area contributed by atoms with Gasteiger partial charge in [0.15, 0.2) is 5.65 Å². The molecule has 0 atom stereocenters. The van der Waals surface area contributed by atoms with Crippen LogP contribution in [0.1, 0.15) is 18.2 Å². The Morgan fingerprint density at radius 2 is 2.11 bits per heavy atom. The van der Waals surface area contributed by atoms with Gasteiger partial charge in [0.2, 0.25) is 5.82 Å². The van der Waals surface area contributed by atoms with E-state index < -0.39 is 0 Å². The van der Waals surface area contributed by atoms with Crippen LogP contribution < -0.4 is 0 Å². The zero-order valence-electron chi connectivity index (χ0n) is 10.6. The maximum Gasteiger partial charge on any atom is 0.201 e. The van der Waals surface area contributed by atoms with E-state index in [2.05, 4.69) is 49.0 Å². The van der Waals surface area contributed by atoms with Crippen molar-refractivity contribution >= 4 is 21.6 Å². The third kappa shape index (κ3) is 2.23. The van der Waals surface area contributed by atoms with Gasteiger partial charge in [0.25, 0.3) is 0 Å². The molecule has 0 aliphatic carbocycles. The smallest absolute Gasteiger partial charge is 0.201 e. The van der Waals surface area contributed by atoms with Gasteiger partial charge >= 0.3 is 0 Å². The topological polar surface area (TPSA) is 56.0 Å². The molecule has 0 saturated carbocycles. The van der Waals surface area contributed by atoms with Gasteiger partial charge in [-0.15, -0.1) is 5.10 Å². The van der Waals surface area contributed by atoms with E-state index in [1.54, 1.807) is 17.0 Å². The number of rotatable bonds is 2. The SMILES string of the molecule is CCc1cc(Br)cnc1-c1nc2cc(C)ncn2n1. The number of hydrogen-bond donors (Lipinski definition) is 0. The van der Waals surface area contributed by atoms with Gasteiger partial charge < -0.3 is 0 Å². The molecule has 0 radical (unpaired) electrons. The van der Waals surface area contributed by atoms with Crippen molar-refractivity contribution < 1.29 is 0 Å². The van der Waals surface area contributed by atoms with Crippen LogP contribution in [0.25, 0.3) is 17.2 Å². The first kappa shape index (κ1) is 12.2. The minimum absolute atomic E-state index is 0.636. The van der Waals surface area contributed by atoms with Crippen molar-refractivity contribution in [2.45, 2.75) is 20.3 Å². The molecule has 3 aromatic heterocycles. The van der Waals surface area contributed by atoms with E-state index in [-0.39, 0.29) is 0 Å². The molecular weight excluding hydrogens is 306 g/mol. The Morgan fingerprint density at radius 1 is 1.26 bits per heavy atom. The first-order valence-corrected chi connectivity index (χ1v) is 6.80. The number of aromatic nitrogens is 5. The fourth-order valence-corrected chi connectivity index (χ4v) is 2.32. The van der Waals surface area contributed by atoms with Crippen molar-refractivity contribution in [2.75, 3.05) is 0 Å². The van der Waals surface area contributed by atoms with Gasteiger partial charge in [-0.3, -0.25) is 4.98 Å². The number of fused-ring (bicyclic) bond motifs is 1. The summed E-state index contributed by atoms with van der Waals surface area (Å²) in [7, 11) is 0. The molecule has 0 saturated heterocycles. The van der Waals surface area contributed by atoms with Crippen molar-refractivity contribution in [1.29, 1.82) is 0 Å². The van der Waals surface area contributed by atoms with E-state index in [4.69, 9.17) is 0 Å². The Balaban J connectivity index is 2.18. The van der Waals surface area contributed by atoms with E-state index in [0.29, 0.717) is 5.82 Å². The Labute approximate surface area is 118 Å². The van der Waals surface area contributed by atoms with Crippen molar-refractivity contribution in [3.05, 3.63) is 40.4 Å². The lowest BCUT2D eigenvalue weighted by Gasteiger charge is -2.02. The third-order valence-corrected chi connectivity index (χ3v) is 3.33. The van der Waals surface area contributed by atoms with Crippen molar-refractivity contribution in [1.82, 2.24) is 24.6 Å². The summed E-state index contributed by atoms with van der Waals surface area (Å²) in [5, 5.41) is 4.43. The number of aryl methyl sites for hydroxylation is 2. The predicted octanol–water partition coefficient (Wildman–Crippen LogP) is 2.82. The molecule has 0 aliphatic rings. The number of hydrogen-bond acceptors (Lipinski definition) is 4. The number of nitrogens with zero attached hydrogens (tertiary/aromatic N) is 5. The lowest BCUT2D eigenvalue weighted by Crippen LogP contribution is -1.94. The molecule has 96 valence electrons. The molecule has 0 bridgehead atoms. The van der Waals surface area contributed by atoms with Gasteiger partial charge in [-0.05, 0) is 40.9 Å². The van der Waals surface area contributed by atoms with E-state index in [9.17, 15) is 0 Å². The van der Waals surface area contributed by atoms with Crippen LogP contribution in [0.5, 0.6) is 0 Å². The van der Waals surface area contributed by atoms with Crippen LogP contribution in [0.3, 0.4) is 0 Å². The zero-order chi connectivity index (χ0) is 13.4. The monoisotopic (exact) mass is 317 g/mol. The number of pyridine rings is 1. The van der Waals surface area contributed by atoms with Gasteiger partial charge in [0.05, 0.1) is 0 Å². The van der Waals surface area contributed by atoms with Crippen LogP contribution in [0.4, 0.5) is 0 Å². The summed E-state index contributed by atoms with van der Waals surface area (Å²) >= 11 is 3.44. The molecule has 0 unspecified atom stereocenters. The molecule has 3 aromatic rings. The van der Waals surface area contributed by atoms with Gasteiger partial charge in [-0.1, -0.05) is 6.92 Å². The molecule has 0 aliphatic heterocycles. The van der Waals surface area contributed by atoms with Crippen LogP contribution in [0.2, 0.25) is 0 Å². The van der Waals surface area contributed by atoms with Crippen LogP contribution in [0, 0.1) is 6.92 Å². The van der Waals surface area contributed by atoms with Gasteiger partial charge in [0.1, 0.15) is 12.0 Å². The minimum Gasteiger partial charge on any atom is -0.251 e. The second kappa shape index (κ2) is 4.70. The first-order valence-electron chi connectivity index (χ1n) is 6.01. The molecule has 19 heavy (non-hydrogen) atoms. The average Bonchev–Trinajstić information content (AvgIpc) is 2.81. The Kier molecular flexibility index (Phi) is 3.02. The van der Waals surface area contributed by atoms with E-state index in [0.717, 1.165) is 33.5 Å². The largest absolute Gasteiger partial charge is 0.251 e. The van der Waals surface area contributed by atoms with Crippen molar-refractivity contribution in [2.24, 2.45) is 0 Å². The second-order valence-electron chi connectivity index (χ2n) is 4.28. The summed E-state index contributed by atoms with van der Waals surface area (Å²) in [6.07, 6.45) is 4.32. The highest BCUT2D eigenvalue weighted by atomic mass is 79.9. The summed E-state index contributed by atoms with van der Waals surface area (Å²) in [5.41, 5.74) is 3.65. The summed E-state index contributed by atoms with van der Waals surface area (Å²) < 4.78 is 2.64. The van der Waals surface area contributed by atoms with Gasteiger partial charge in [-0.2, -0.15) is 0 Å². The highest BCUT2D eigenvalue weighted by molar-refractivity contribution is 9.10. The molecule has 0 fully saturated rings. The van der Waals surface area contributed by atoms with Crippen LogP contribution in [-0.2, 0) is 6.42 Å². The summed E-state index contributed by atoms with van der Waals surface area (Å²) in [6, 6.07) is 3.96. The van der Waals surface area contributed by atoms with Gasteiger partial charge in [0, 0.05) is 22.4 Å². The molecule has 0 aromatic carbocycles. The quantitative estimate of drug-likeness (QED) is 0.729. The summed E-state index contributed by atoms with van der Waals surface area (Å²) in [6.45, 7) is 4.03. The fraction of sp³-hybridized carbons (Fsp3) is 0.231. The second-order valence-corrected chi connectivity index (χ2v) is 5.20. The maximum absolute atomic E-state index is 4.52. The molecule has 0 spiro atoms. The average molecular weight is 318 g/mol. The van der Waals surface area contributed by atoms with Crippen molar-refractivity contribution in [3.63, 3.8) is 0 Å². The van der Waals surface area contributed by atoms with Gasteiger partial charge in [-0.25, -0.2) is 14.5 Å². The first-order chi connectivity index (χ1) is 9.17. The summed E-state index contributed by atoms with van der Waals surface area (Å²) in [4.78, 5) is 13.2. The molecule has 5 nitrogen and oxygen atoms in total. The molecule has 3 rings (SSSR count). The minimum atomic E-state index is 0.636. The lowest BCUT2D eigenvalue weighted by molar-refractivity contribution is 0.909.